The topological polar surface area (TPSA) is 28.4 Å². The van der Waals surface area contributed by atoms with Crippen LogP contribution in [0.5, 0.6) is 0 Å². The normalized spacial score (nSPS) is 14.2. The van der Waals surface area contributed by atoms with Crippen LogP contribution < -0.4 is 5.32 Å². The summed E-state index contributed by atoms with van der Waals surface area (Å²) in [5.74, 6) is 0.995. The van der Waals surface area contributed by atoms with E-state index in [0.717, 1.165) is 25.3 Å². The van der Waals surface area contributed by atoms with Crippen LogP contribution in [-0.2, 0) is 6.54 Å². The van der Waals surface area contributed by atoms with Crippen LogP contribution in [0.3, 0.4) is 0 Å². The molecule has 0 fully saturated rings. The molecule has 1 unspecified atom stereocenters. The fourth-order valence-corrected chi connectivity index (χ4v) is 1.80. The maximum absolute atomic E-state index is 5.29. The fraction of sp³-hybridized carbons (Fsp3) is 0.714. The van der Waals surface area contributed by atoms with Crippen molar-refractivity contribution in [3.05, 3.63) is 24.2 Å². The maximum Gasteiger partial charge on any atom is 0.117 e. The third-order valence-corrected chi connectivity index (χ3v) is 3.80. The van der Waals surface area contributed by atoms with Gasteiger partial charge >= 0.3 is 0 Å². The lowest BCUT2D eigenvalue weighted by atomic mass is 9.98. The van der Waals surface area contributed by atoms with Crippen molar-refractivity contribution in [2.75, 3.05) is 13.6 Å². The minimum absolute atomic E-state index is 0.256. The van der Waals surface area contributed by atoms with E-state index in [1.54, 1.807) is 6.26 Å². The highest BCUT2D eigenvalue weighted by molar-refractivity contribution is 4.97. The number of likely N-dealkylation sites (N-methyl/N-ethyl adjacent to an activating group) is 1. The first kappa shape index (κ1) is 14.3. The Balaban J connectivity index is 2.31. The van der Waals surface area contributed by atoms with Gasteiger partial charge in [0.05, 0.1) is 12.8 Å². The summed E-state index contributed by atoms with van der Waals surface area (Å²) in [6.45, 7) is 10.8. The van der Waals surface area contributed by atoms with Gasteiger partial charge in [-0.15, -0.1) is 0 Å². The van der Waals surface area contributed by atoms with E-state index in [4.69, 9.17) is 4.42 Å². The van der Waals surface area contributed by atoms with Gasteiger partial charge in [0, 0.05) is 18.1 Å². The first-order valence-electron chi connectivity index (χ1n) is 6.43. The summed E-state index contributed by atoms with van der Waals surface area (Å²) in [6.07, 6.45) is 2.87. The predicted molar refractivity (Wildman–Crippen MR) is 72.0 cm³/mol. The average molecular weight is 238 g/mol. The molecule has 1 atom stereocenters. The van der Waals surface area contributed by atoms with Crippen LogP contribution in [0.2, 0.25) is 0 Å². The second kappa shape index (κ2) is 6.22. The van der Waals surface area contributed by atoms with Crippen molar-refractivity contribution >= 4 is 0 Å². The Bertz CT molecular complexity index is 306. The van der Waals surface area contributed by atoms with Gasteiger partial charge in [-0.1, -0.05) is 6.92 Å². The lowest BCUT2D eigenvalue weighted by Crippen LogP contribution is -2.49. The van der Waals surface area contributed by atoms with Gasteiger partial charge in [-0.3, -0.25) is 4.90 Å². The van der Waals surface area contributed by atoms with Gasteiger partial charge in [-0.2, -0.15) is 0 Å². The van der Waals surface area contributed by atoms with Crippen LogP contribution in [0.25, 0.3) is 0 Å². The largest absolute Gasteiger partial charge is 0.468 e. The molecule has 3 heteroatoms. The fourth-order valence-electron chi connectivity index (χ4n) is 1.80. The zero-order valence-corrected chi connectivity index (χ0v) is 11.8. The van der Waals surface area contributed by atoms with Gasteiger partial charge in [0.1, 0.15) is 5.76 Å². The smallest absolute Gasteiger partial charge is 0.117 e. The van der Waals surface area contributed by atoms with Crippen molar-refractivity contribution in [2.24, 2.45) is 0 Å². The molecule has 17 heavy (non-hydrogen) atoms. The van der Waals surface area contributed by atoms with Gasteiger partial charge in [0.15, 0.2) is 0 Å². The van der Waals surface area contributed by atoms with Crippen LogP contribution in [0.15, 0.2) is 22.8 Å². The van der Waals surface area contributed by atoms with Gasteiger partial charge in [-0.25, -0.2) is 0 Å². The van der Waals surface area contributed by atoms with E-state index in [1.165, 1.54) is 0 Å². The van der Waals surface area contributed by atoms with E-state index in [1.807, 2.05) is 12.1 Å². The lowest BCUT2D eigenvalue weighted by Gasteiger charge is -2.39. The molecule has 1 N–H and O–H groups in total. The van der Waals surface area contributed by atoms with Crippen molar-refractivity contribution in [1.82, 2.24) is 10.2 Å². The van der Waals surface area contributed by atoms with Crippen LogP contribution in [-0.4, -0.2) is 30.1 Å². The highest BCUT2D eigenvalue weighted by Gasteiger charge is 2.24. The lowest BCUT2D eigenvalue weighted by molar-refractivity contribution is 0.104. The molecule has 0 aliphatic rings. The van der Waals surface area contributed by atoms with Gasteiger partial charge in [-0.05, 0) is 46.4 Å². The number of nitrogens with one attached hydrogen (secondary N) is 1. The highest BCUT2D eigenvalue weighted by atomic mass is 16.3. The number of nitrogens with zero attached hydrogens (tertiary/aromatic N) is 1. The summed E-state index contributed by atoms with van der Waals surface area (Å²) in [5.41, 5.74) is 0.256. The molecule has 0 aliphatic heterocycles. The molecule has 98 valence electrons. The van der Waals surface area contributed by atoms with Crippen molar-refractivity contribution in [3.8, 4) is 0 Å². The standard InChI is InChI=1S/C14H26N2O/c1-6-14(3,4)16(5)12(2)10-15-11-13-8-7-9-17-13/h7-9,12,15H,6,10-11H2,1-5H3. The van der Waals surface area contributed by atoms with Crippen molar-refractivity contribution < 1.29 is 4.42 Å². The number of furan rings is 1. The van der Waals surface area contributed by atoms with Crippen molar-refractivity contribution in [3.63, 3.8) is 0 Å². The van der Waals surface area contributed by atoms with E-state index in [0.29, 0.717) is 6.04 Å². The minimum Gasteiger partial charge on any atom is -0.468 e. The molecule has 0 bridgehead atoms. The molecule has 0 saturated heterocycles. The second-order valence-corrected chi connectivity index (χ2v) is 5.34. The Morgan fingerprint density at radius 2 is 2.18 bits per heavy atom. The molecule has 0 aliphatic carbocycles. The molecule has 0 spiro atoms. The number of hydrogen-bond acceptors (Lipinski definition) is 3. The molecule has 0 radical (unpaired) electrons. The van der Waals surface area contributed by atoms with Crippen LogP contribution >= 0.6 is 0 Å². The summed E-state index contributed by atoms with van der Waals surface area (Å²) in [5, 5.41) is 3.43. The molecule has 1 rings (SSSR count). The first-order valence-corrected chi connectivity index (χ1v) is 6.43. The van der Waals surface area contributed by atoms with Crippen LogP contribution in [0.4, 0.5) is 0 Å². The molecular weight excluding hydrogens is 212 g/mol. The quantitative estimate of drug-likeness (QED) is 0.792. The van der Waals surface area contributed by atoms with Crippen LogP contribution in [0, 0.1) is 0 Å². The molecule has 1 aromatic heterocycles. The molecule has 0 saturated carbocycles. The third-order valence-electron chi connectivity index (χ3n) is 3.80. The Morgan fingerprint density at radius 3 is 2.71 bits per heavy atom. The van der Waals surface area contributed by atoms with E-state index in [2.05, 4.69) is 45.0 Å². The average Bonchev–Trinajstić information content (AvgIpc) is 2.80. The first-order chi connectivity index (χ1) is 7.97. The SMILES string of the molecule is CCC(C)(C)N(C)C(C)CNCc1ccco1. The molecule has 1 heterocycles. The molecule has 3 nitrogen and oxygen atoms in total. The Morgan fingerprint density at radius 1 is 1.47 bits per heavy atom. The van der Waals surface area contributed by atoms with Crippen molar-refractivity contribution in [1.29, 1.82) is 0 Å². The van der Waals surface area contributed by atoms with Crippen molar-refractivity contribution in [2.45, 2.75) is 52.2 Å². The highest BCUT2D eigenvalue weighted by Crippen LogP contribution is 2.18. The van der Waals surface area contributed by atoms with Gasteiger partial charge in [0.2, 0.25) is 0 Å². The maximum atomic E-state index is 5.29. The van der Waals surface area contributed by atoms with Gasteiger partial charge < -0.3 is 9.73 Å². The van der Waals surface area contributed by atoms with Gasteiger partial charge in [0.25, 0.3) is 0 Å². The summed E-state index contributed by atoms with van der Waals surface area (Å²) >= 11 is 0. The third kappa shape index (κ3) is 4.17. The minimum atomic E-state index is 0.256. The van der Waals surface area contributed by atoms with E-state index < -0.39 is 0 Å². The van der Waals surface area contributed by atoms with E-state index in [9.17, 15) is 0 Å². The Labute approximate surface area is 105 Å². The second-order valence-electron chi connectivity index (χ2n) is 5.34. The molecule has 1 aromatic rings. The summed E-state index contributed by atoms with van der Waals surface area (Å²) in [7, 11) is 2.20. The zero-order valence-electron chi connectivity index (χ0n) is 11.8. The molecule has 0 amide bonds. The Kier molecular flexibility index (Phi) is 5.22. The summed E-state index contributed by atoms with van der Waals surface area (Å²) < 4.78 is 5.29. The summed E-state index contributed by atoms with van der Waals surface area (Å²) in [4.78, 5) is 2.43. The molecular formula is C14H26N2O. The van der Waals surface area contributed by atoms with Crippen LogP contribution in [0.1, 0.15) is 39.9 Å². The number of rotatable bonds is 7. The van der Waals surface area contributed by atoms with E-state index in [-0.39, 0.29) is 5.54 Å². The number of hydrogen-bond donors (Lipinski definition) is 1. The monoisotopic (exact) mass is 238 g/mol. The predicted octanol–water partition coefficient (Wildman–Crippen LogP) is 2.88. The zero-order chi connectivity index (χ0) is 12.9. The Hall–Kier alpha value is -0.800. The summed E-state index contributed by atoms with van der Waals surface area (Å²) in [6, 6.07) is 4.43. The molecule has 0 aromatic carbocycles. The van der Waals surface area contributed by atoms with E-state index >= 15 is 0 Å².